The first-order chi connectivity index (χ1) is 1.41. The molecular weight excluding hydrogens is 157 g/mol. The molecule has 1 nitrogen and oxygen atoms in total. The summed E-state index contributed by atoms with van der Waals surface area (Å²) in [6.45, 7) is 0. The third-order valence-corrected chi connectivity index (χ3v) is 0. The first-order valence-corrected chi connectivity index (χ1v) is 1.60. The molecule has 0 aromatic heterocycles. The molecule has 1 N–H and O–H groups in total. The predicted molar refractivity (Wildman–Crippen MR) is 25.8 cm³/mol. The number of rotatable bonds is 0. The van der Waals surface area contributed by atoms with Gasteiger partial charge < -0.3 is 5.48 Å². The molecule has 0 saturated carbocycles. The van der Waals surface area contributed by atoms with Gasteiger partial charge >= 0.3 is 29.6 Å². The molecule has 6 heavy (non-hydrogen) atoms. The van der Waals surface area contributed by atoms with Gasteiger partial charge in [0.1, 0.15) is 0 Å². The maximum Gasteiger partial charge on any atom is 1.00 e. The summed E-state index contributed by atoms with van der Waals surface area (Å²) in [5.41, 5.74) is 0. The summed E-state index contributed by atoms with van der Waals surface area (Å²) in [6, 6.07) is 0. The molecule has 0 aromatic carbocycles. The molecule has 0 aliphatic carbocycles. The number of hydrogen-bond acceptors (Lipinski definition) is 1. The van der Waals surface area contributed by atoms with Crippen molar-refractivity contribution in [2.75, 3.05) is 5.34 Å². The average molecular weight is 161 g/mol. The van der Waals surface area contributed by atoms with Crippen LogP contribution in [0.2, 0.25) is 0 Å². The second kappa shape index (κ2) is 29.0. The van der Waals surface area contributed by atoms with Gasteiger partial charge in [-0.3, -0.25) is 0 Å². The Morgan fingerprint density at radius 3 is 1.17 bits per heavy atom. The summed E-state index contributed by atoms with van der Waals surface area (Å²) in [7, 11) is 0. The maximum absolute atomic E-state index is 4.76. The molecule has 5 heteroatoms. The van der Waals surface area contributed by atoms with Gasteiger partial charge in [-0.2, -0.15) is 0 Å². The van der Waals surface area contributed by atoms with Crippen molar-refractivity contribution in [2.24, 2.45) is 0 Å². The molecule has 0 amide bonds. The van der Waals surface area contributed by atoms with E-state index in [-0.39, 0.29) is 52.8 Å². The van der Waals surface area contributed by atoms with Crippen LogP contribution in [0.15, 0.2) is 0 Å². The topological polar surface area (TPSA) is 30.0 Å². The van der Waals surface area contributed by atoms with Gasteiger partial charge in [0.2, 0.25) is 0 Å². The zero-order chi connectivity index (χ0) is 2.71. The summed E-state index contributed by atoms with van der Waals surface area (Å²) in [5.74, 6) is 0. The van der Waals surface area contributed by atoms with E-state index in [1.54, 1.807) is 0 Å². The fraction of sp³-hybridized carbons (Fsp3) is 1.00. The Kier molecular flexibility index (Phi) is 120. The Labute approximate surface area is 75.4 Å². The molecule has 0 radical (unpaired) electrons. The van der Waals surface area contributed by atoms with Crippen molar-refractivity contribution >= 4 is 35.6 Å². The molecule has 0 unspecified atom stereocenters. The van der Waals surface area contributed by atoms with Gasteiger partial charge in [0.15, 0.2) is 0 Å². The second-order valence-corrected chi connectivity index (χ2v) is 0.909. The normalized spacial score (nSPS) is 3.00. The largest absolute Gasteiger partial charge is 1.00 e. The summed E-state index contributed by atoms with van der Waals surface area (Å²) < 4.78 is 0. The minimum atomic E-state index is 0. The van der Waals surface area contributed by atoms with Crippen LogP contribution in [0.1, 0.15) is 0 Å². The van der Waals surface area contributed by atoms with Crippen LogP contribution in [-0.4, -0.2) is 10.8 Å². The zero-order valence-electron chi connectivity index (χ0n) is 3.32. The Hall–Kier alpha value is 1.83. The van der Waals surface area contributed by atoms with Gasteiger partial charge in [0.25, 0.3) is 0 Å². The molecule has 0 heterocycles. The third kappa shape index (κ3) is 40.6. The van der Waals surface area contributed by atoms with Crippen molar-refractivity contribution in [1.29, 1.82) is 0 Å². The van der Waals surface area contributed by atoms with Crippen LogP contribution >= 0.6 is 35.6 Å². The third-order valence-electron chi connectivity index (χ3n) is 0. The molecule has 0 fully saturated rings. The van der Waals surface area contributed by atoms with Crippen molar-refractivity contribution in [3.8, 4) is 0 Å². The smallest absolute Gasteiger partial charge is 0.870 e. The molecule has 0 aromatic rings. The van der Waals surface area contributed by atoms with Gasteiger partial charge in [-0.25, -0.2) is 0 Å². The van der Waals surface area contributed by atoms with E-state index in [1.165, 1.54) is 0 Å². The fourth-order valence-corrected chi connectivity index (χ4v) is 0. The Morgan fingerprint density at radius 2 is 1.17 bits per heavy atom. The second-order valence-electron chi connectivity index (χ2n) is 0.101. The standard InChI is InChI=1S/CH2Cl2.ClH.Na.H2O/c2-1-3;;;/h1H2;1H;;1H2/q;;+1;/p-1. The first-order valence-electron chi connectivity index (χ1n) is 0.535. The van der Waals surface area contributed by atoms with Crippen molar-refractivity contribution in [1.82, 2.24) is 0 Å². The molecule has 0 bridgehead atoms. The number of halogens is 3. The maximum atomic E-state index is 4.76. The van der Waals surface area contributed by atoms with Crippen molar-refractivity contribution in [2.45, 2.75) is 0 Å². The molecule has 0 atom stereocenters. The predicted octanol–water partition coefficient (Wildman–Crippen LogP) is -1.33. The molecule has 0 aliphatic heterocycles. The summed E-state index contributed by atoms with van der Waals surface area (Å²) in [4.78, 5) is 0. The van der Waals surface area contributed by atoms with E-state index in [2.05, 4.69) is 0 Å². The van der Waals surface area contributed by atoms with Gasteiger partial charge in [-0.05, 0) is 0 Å². The molecular formula is CH4Cl3NaO. The van der Waals surface area contributed by atoms with Crippen LogP contribution in [0.4, 0.5) is 0 Å². The summed E-state index contributed by atoms with van der Waals surface area (Å²) in [5, 5.41) is 0.194. The molecule has 0 aliphatic rings. The zero-order valence-corrected chi connectivity index (χ0v) is 7.65. The van der Waals surface area contributed by atoms with Crippen LogP contribution in [0, 0.1) is 0 Å². The van der Waals surface area contributed by atoms with E-state index >= 15 is 0 Å². The van der Waals surface area contributed by atoms with Crippen LogP contribution in [0.25, 0.3) is 0 Å². The van der Waals surface area contributed by atoms with Gasteiger partial charge in [-0.15, -0.1) is 35.6 Å². The van der Waals surface area contributed by atoms with Crippen LogP contribution in [0.5, 0.6) is 0 Å². The molecule has 0 saturated heterocycles. The van der Waals surface area contributed by atoms with E-state index in [1.807, 2.05) is 0 Å². The molecule has 0 rings (SSSR count). The fourth-order valence-electron chi connectivity index (χ4n) is 0. The Balaban J connectivity index is -0.00000000667. The van der Waals surface area contributed by atoms with Crippen LogP contribution < -0.4 is 29.6 Å². The van der Waals surface area contributed by atoms with Crippen LogP contribution in [-0.2, 0) is 0 Å². The van der Waals surface area contributed by atoms with Crippen molar-refractivity contribution in [3.05, 3.63) is 0 Å². The van der Waals surface area contributed by atoms with E-state index in [4.69, 9.17) is 23.2 Å². The van der Waals surface area contributed by atoms with E-state index in [0.29, 0.717) is 0 Å². The Bertz CT molecular complexity index is 10.8. The minimum absolute atomic E-state index is 0. The molecule has 36 valence electrons. The van der Waals surface area contributed by atoms with Gasteiger partial charge in [0.05, 0.1) is 5.34 Å². The van der Waals surface area contributed by atoms with E-state index in [0.717, 1.165) is 0 Å². The quantitative estimate of drug-likeness (QED) is 0.320. The monoisotopic (exact) mass is 160 g/mol. The van der Waals surface area contributed by atoms with E-state index < -0.39 is 0 Å². The van der Waals surface area contributed by atoms with Crippen LogP contribution in [0.3, 0.4) is 0 Å². The van der Waals surface area contributed by atoms with E-state index in [9.17, 15) is 0 Å². The Morgan fingerprint density at radius 1 is 1.17 bits per heavy atom. The average Bonchev–Trinajstić information content (AvgIpc) is 0.918. The van der Waals surface area contributed by atoms with Crippen molar-refractivity contribution < 1.29 is 35.0 Å². The van der Waals surface area contributed by atoms with Gasteiger partial charge in [-0.1, -0.05) is 0 Å². The van der Waals surface area contributed by atoms with Gasteiger partial charge in [0, 0.05) is 0 Å². The van der Waals surface area contributed by atoms with Crippen molar-refractivity contribution in [3.63, 3.8) is 0 Å². The SMILES string of the molecule is Cl.ClCCl.[Na+].[OH-]. The number of hydrogen-bond donors (Lipinski definition) is 0. The minimum Gasteiger partial charge on any atom is -0.870 e. The summed E-state index contributed by atoms with van der Waals surface area (Å²) >= 11 is 9.53. The molecule has 0 spiro atoms. The first kappa shape index (κ1) is 24.9. The summed E-state index contributed by atoms with van der Waals surface area (Å²) in [6.07, 6.45) is 0. The number of alkyl halides is 2.